The summed E-state index contributed by atoms with van der Waals surface area (Å²) in [6.07, 6.45) is 0. The van der Waals surface area contributed by atoms with Gasteiger partial charge in [-0.1, -0.05) is 12.1 Å². The Balaban J connectivity index is 1.99. The Morgan fingerprint density at radius 3 is 2.81 bits per heavy atom. The zero-order chi connectivity index (χ0) is 15.1. The second-order valence-corrected chi connectivity index (χ2v) is 4.33. The first-order chi connectivity index (χ1) is 10.2. The molecule has 21 heavy (non-hydrogen) atoms. The number of methoxy groups -OCH3 is 1. The second-order valence-electron chi connectivity index (χ2n) is 4.33. The van der Waals surface area contributed by atoms with Crippen molar-refractivity contribution in [2.24, 2.45) is 0 Å². The van der Waals surface area contributed by atoms with Gasteiger partial charge in [0.1, 0.15) is 11.8 Å². The number of nitrogens with zero attached hydrogens (tertiary/aromatic N) is 1. The molecule has 2 N–H and O–H groups in total. The fraction of sp³-hybridized carbons (Fsp3) is 0.188. The van der Waals surface area contributed by atoms with Gasteiger partial charge in [0.05, 0.1) is 7.11 Å². The molecule has 0 aliphatic rings. The van der Waals surface area contributed by atoms with Crippen LogP contribution in [0.4, 0.5) is 5.69 Å². The number of nitriles is 1. The molecule has 2 aromatic rings. The van der Waals surface area contributed by atoms with Gasteiger partial charge in [0.25, 0.3) is 0 Å². The molecule has 2 aromatic carbocycles. The van der Waals surface area contributed by atoms with E-state index in [-0.39, 0.29) is 12.4 Å². The van der Waals surface area contributed by atoms with Crippen LogP contribution in [0, 0.1) is 11.3 Å². The number of nitrogens with one attached hydrogen (secondary N) is 1. The monoisotopic (exact) mass is 284 g/mol. The Labute approximate surface area is 123 Å². The molecule has 0 aliphatic carbocycles. The van der Waals surface area contributed by atoms with Gasteiger partial charge < -0.3 is 19.9 Å². The zero-order valence-corrected chi connectivity index (χ0v) is 11.7. The van der Waals surface area contributed by atoms with E-state index in [2.05, 4.69) is 5.32 Å². The largest absolute Gasteiger partial charge is 0.504 e. The molecular weight excluding hydrogens is 268 g/mol. The van der Waals surface area contributed by atoms with Gasteiger partial charge in [-0.3, -0.25) is 0 Å². The van der Waals surface area contributed by atoms with Crippen LogP contribution in [0.1, 0.15) is 5.56 Å². The van der Waals surface area contributed by atoms with E-state index in [1.807, 2.05) is 30.3 Å². The Morgan fingerprint density at radius 1 is 1.24 bits per heavy atom. The van der Waals surface area contributed by atoms with Crippen molar-refractivity contribution in [3.05, 3.63) is 48.0 Å². The van der Waals surface area contributed by atoms with Crippen molar-refractivity contribution in [2.45, 2.75) is 6.54 Å². The van der Waals surface area contributed by atoms with Crippen LogP contribution in [0.5, 0.6) is 17.2 Å². The highest BCUT2D eigenvalue weighted by atomic mass is 16.5. The minimum absolute atomic E-state index is 0.0236. The summed E-state index contributed by atoms with van der Waals surface area (Å²) in [5.41, 5.74) is 1.80. The maximum atomic E-state index is 9.73. The van der Waals surface area contributed by atoms with Gasteiger partial charge in [-0.25, -0.2) is 0 Å². The van der Waals surface area contributed by atoms with Crippen molar-refractivity contribution in [2.75, 3.05) is 19.0 Å². The molecule has 0 radical (unpaired) electrons. The zero-order valence-electron chi connectivity index (χ0n) is 11.7. The summed E-state index contributed by atoms with van der Waals surface area (Å²) in [7, 11) is 1.51. The summed E-state index contributed by atoms with van der Waals surface area (Å²) in [6, 6.07) is 14.5. The van der Waals surface area contributed by atoms with Crippen molar-refractivity contribution in [3.8, 4) is 23.3 Å². The van der Waals surface area contributed by atoms with Gasteiger partial charge in [0, 0.05) is 18.3 Å². The molecule has 0 aromatic heterocycles. The van der Waals surface area contributed by atoms with Gasteiger partial charge in [-0.2, -0.15) is 5.26 Å². The normalized spacial score (nSPS) is 9.71. The number of hydrogen-bond donors (Lipinski definition) is 2. The molecule has 2 rings (SSSR count). The summed E-state index contributed by atoms with van der Waals surface area (Å²) in [6.45, 7) is 0.578. The van der Waals surface area contributed by atoms with Gasteiger partial charge in [-0.15, -0.1) is 0 Å². The minimum Gasteiger partial charge on any atom is -0.504 e. The Hall–Kier alpha value is -2.87. The maximum Gasteiger partial charge on any atom is 0.174 e. The Morgan fingerprint density at radius 2 is 2.10 bits per heavy atom. The Bertz CT molecular complexity index is 650. The third-order valence-electron chi connectivity index (χ3n) is 2.88. The van der Waals surface area contributed by atoms with Gasteiger partial charge >= 0.3 is 0 Å². The third-order valence-corrected chi connectivity index (χ3v) is 2.88. The average molecular weight is 284 g/mol. The number of rotatable bonds is 6. The van der Waals surface area contributed by atoms with Crippen molar-refractivity contribution < 1.29 is 14.6 Å². The van der Waals surface area contributed by atoms with Gasteiger partial charge in [-0.05, 0) is 29.8 Å². The van der Waals surface area contributed by atoms with E-state index in [0.717, 1.165) is 11.3 Å². The van der Waals surface area contributed by atoms with Crippen LogP contribution in [0.25, 0.3) is 0 Å². The standard InChI is InChI=1S/C16H16N2O3/c1-20-16-6-5-12(9-15(16)19)11-18-13-3-2-4-14(10-13)21-8-7-17/h2-6,9-10,18-19H,8,11H2,1H3. The summed E-state index contributed by atoms with van der Waals surface area (Å²) >= 11 is 0. The van der Waals surface area contributed by atoms with Crippen LogP contribution >= 0.6 is 0 Å². The number of hydrogen-bond acceptors (Lipinski definition) is 5. The lowest BCUT2D eigenvalue weighted by Crippen LogP contribution is -2.00. The molecule has 0 bridgehead atoms. The predicted octanol–water partition coefficient (Wildman–Crippen LogP) is 2.92. The molecule has 0 saturated carbocycles. The lowest BCUT2D eigenvalue weighted by molar-refractivity contribution is 0.368. The van der Waals surface area contributed by atoms with Crippen molar-refractivity contribution in [1.82, 2.24) is 0 Å². The van der Waals surface area contributed by atoms with Gasteiger partial charge in [0.15, 0.2) is 18.1 Å². The van der Waals surface area contributed by atoms with E-state index >= 15 is 0 Å². The van der Waals surface area contributed by atoms with Crippen LogP contribution in [0.15, 0.2) is 42.5 Å². The molecule has 0 saturated heterocycles. The summed E-state index contributed by atoms with van der Waals surface area (Å²) in [4.78, 5) is 0. The fourth-order valence-corrected chi connectivity index (χ4v) is 1.86. The third kappa shape index (κ3) is 4.05. The SMILES string of the molecule is COc1ccc(CNc2cccc(OCC#N)c2)cc1O. The predicted molar refractivity (Wildman–Crippen MR) is 79.5 cm³/mol. The van der Waals surface area contributed by atoms with E-state index in [9.17, 15) is 5.11 Å². The highest BCUT2D eigenvalue weighted by Crippen LogP contribution is 2.26. The summed E-state index contributed by atoms with van der Waals surface area (Å²) < 4.78 is 10.2. The smallest absolute Gasteiger partial charge is 0.174 e. The lowest BCUT2D eigenvalue weighted by atomic mass is 10.2. The fourth-order valence-electron chi connectivity index (χ4n) is 1.86. The van der Waals surface area contributed by atoms with E-state index in [1.54, 1.807) is 18.2 Å². The maximum absolute atomic E-state index is 9.73. The van der Waals surface area contributed by atoms with Crippen LogP contribution in [-0.4, -0.2) is 18.8 Å². The van der Waals surface area contributed by atoms with Crippen LogP contribution < -0.4 is 14.8 Å². The average Bonchev–Trinajstić information content (AvgIpc) is 2.51. The highest BCUT2D eigenvalue weighted by Gasteiger charge is 2.03. The quantitative estimate of drug-likeness (QED) is 0.853. The van der Waals surface area contributed by atoms with Crippen LogP contribution in [0.3, 0.4) is 0 Å². The molecule has 0 spiro atoms. The highest BCUT2D eigenvalue weighted by molar-refractivity contribution is 5.49. The molecule has 0 atom stereocenters. The molecule has 0 aliphatic heterocycles. The molecule has 0 amide bonds. The van der Waals surface area contributed by atoms with Crippen LogP contribution in [-0.2, 0) is 6.54 Å². The second kappa shape index (κ2) is 7.06. The number of anilines is 1. The molecule has 5 heteroatoms. The van der Waals surface area contributed by atoms with Crippen molar-refractivity contribution in [3.63, 3.8) is 0 Å². The van der Waals surface area contributed by atoms with E-state index in [4.69, 9.17) is 14.7 Å². The van der Waals surface area contributed by atoms with Gasteiger partial charge in [0.2, 0.25) is 0 Å². The first-order valence-corrected chi connectivity index (χ1v) is 6.42. The molecule has 108 valence electrons. The first-order valence-electron chi connectivity index (χ1n) is 6.42. The Kier molecular flexibility index (Phi) is 4.89. The topological polar surface area (TPSA) is 74.5 Å². The number of phenols is 1. The van der Waals surface area contributed by atoms with Crippen LogP contribution in [0.2, 0.25) is 0 Å². The van der Waals surface area contributed by atoms with E-state index < -0.39 is 0 Å². The minimum atomic E-state index is 0.0236. The number of phenolic OH excluding ortho intramolecular Hbond substituents is 1. The van der Waals surface area contributed by atoms with E-state index in [0.29, 0.717) is 18.0 Å². The number of benzene rings is 2. The molecule has 0 unspecified atom stereocenters. The first kappa shape index (κ1) is 14.5. The molecular formula is C16H16N2O3. The van der Waals surface area contributed by atoms with E-state index in [1.165, 1.54) is 7.11 Å². The number of aromatic hydroxyl groups is 1. The molecule has 0 fully saturated rings. The number of ether oxygens (including phenoxy) is 2. The summed E-state index contributed by atoms with van der Waals surface area (Å²) in [5, 5.41) is 21.4. The van der Waals surface area contributed by atoms with Crippen molar-refractivity contribution >= 4 is 5.69 Å². The van der Waals surface area contributed by atoms with Crippen molar-refractivity contribution in [1.29, 1.82) is 5.26 Å². The lowest BCUT2D eigenvalue weighted by Gasteiger charge is -2.10. The molecule has 5 nitrogen and oxygen atoms in total. The molecule has 0 heterocycles. The summed E-state index contributed by atoms with van der Waals surface area (Å²) in [5.74, 6) is 1.20.